The first kappa shape index (κ1) is 13.4. The van der Waals surface area contributed by atoms with Crippen molar-refractivity contribution in [3.05, 3.63) is 23.8 Å². The molecule has 6 nitrogen and oxygen atoms in total. The summed E-state index contributed by atoms with van der Waals surface area (Å²) in [4.78, 5) is 24.7. The number of amides is 3. The van der Waals surface area contributed by atoms with Crippen LogP contribution in [0.15, 0.2) is 18.2 Å². The molecule has 0 unspecified atom stereocenters. The van der Waals surface area contributed by atoms with Gasteiger partial charge in [-0.1, -0.05) is 6.07 Å². The quantitative estimate of drug-likeness (QED) is 0.833. The van der Waals surface area contributed by atoms with Crippen LogP contribution in [0.2, 0.25) is 0 Å². The van der Waals surface area contributed by atoms with Crippen molar-refractivity contribution < 1.29 is 14.3 Å². The molecule has 102 valence electrons. The van der Waals surface area contributed by atoms with E-state index in [-0.39, 0.29) is 12.5 Å². The molecule has 1 heterocycles. The fourth-order valence-electron chi connectivity index (χ4n) is 1.96. The average Bonchev–Trinajstić information content (AvgIpc) is 2.44. The molecule has 19 heavy (non-hydrogen) atoms. The number of nitrogens with zero attached hydrogens (tertiary/aromatic N) is 1. The average molecular weight is 263 g/mol. The van der Waals surface area contributed by atoms with Gasteiger partial charge in [-0.15, -0.1) is 0 Å². The molecule has 0 saturated carbocycles. The number of carbonyl (C=O) groups excluding carboxylic acids is 2. The van der Waals surface area contributed by atoms with E-state index >= 15 is 0 Å². The van der Waals surface area contributed by atoms with Crippen molar-refractivity contribution in [3.63, 3.8) is 0 Å². The largest absolute Gasteiger partial charge is 0.482 e. The zero-order chi connectivity index (χ0) is 13.8. The molecule has 1 aliphatic heterocycles. The van der Waals surface area contributed by atoms with Crippen LogP contribution < -0.4 is 20.3 Å². The van der Waals surface area contributed by atoms with Crippen LogP contribution in [-0.4, -0.2) is 39.2 Å². The highest BCUT2D eigenvalue weighted by Crippen LogP contribution is 2.33. The fraction of sp³-hybridized carbons (Fsp3) is 0.385. The summed E-state index contributed by atoms with van der Waals surface area (Å²) in [6, 6.07) is 5.11. The minimum Gasteiger partial charge on any atom is -0.482 e. The lowest BCUT2D eigenvalue weighted by Crippen LogP contribution is -2.47. The molecule has 0 aliphatic carbocycles. The van der Waals surface area contributed by atoms with Gasteiger partial charge in [-0.25, -0.2) is 9.69 Å². The summed E-state index contributed by atoms with van der Waals surface area (Å²) >= 11 is 0. The first-order valence-electron chi connectivity index (χ1n) is 6.12. The number of fused-ring (bicyclic) bond motifs is 1. The third-order valence-electron chi connectivity index (χ3n) is 2.95. The highest BCUT2D eigenvalue weighted by Gasteiger charge is 2.30. The molecule has 3 amide bonds. The van der Waals surface area contributed by atoms with E-state index in [9.17, 15) is 9.59 Å². The van der Waals surface area contributed by atoms with Crippen LogP contribution in [0, 0.1) is 0 Å². The van der Waals surface area contributed by atoms with Crippen molar-refractivity contribution in [2.75, 3.05) is 32.1 Å². The van der Waals surface area contributed by atoms with Crippen LogP contribution in [0.1, 0.15) is 5.56 Å². The Morgan fingerprint density at radius 2 is 2.21 bits per heavy atom. The summed E-state index contributed by atoms with van der Waals surface area (Å²) in [5.41, 5.74) is 1.55. The molecule has 2 rings (SSSR count). The van der Waals surface area contributed by atoms with Crippen molar-refractivity contribution in [1.82, 2.24) is 10.6 Å². The number of urea groups is 1. The molecule has 0 fully saturated rings. The van der Waals surface area contributed by atoms with Gasteiger partial charge in [0.1, 0.15) is 5.75 Å². The minimum absolute atomic E-state index is 0.115. The van der Waals surface area contributed by atoms with Gasteiger partial charge in [-0.05, 0) is 37.7 Å². The molecule has 0 saturated heterocycles. The van der Waals surface area contributed by atoms with Crippen LogP contribution in [0.4, 0.5) is 10.5 Å². The van der Waals surface area contributed by atoms with E-state index in [4.69, 9.17) is 4.74 Å². The van der Waals surface area contributed by atoms with Crippen molar-refractivity contribution in [2.24, 2.45) is 0 Å². The van der Waals surface area contributed by atoms with Gasteiger partial charge in [-0.3, -0.25) is 4.79 Å². The van der Waals surface area contributed by atoms with Crippen molar-refractivity contribution in [2.45, 2.75) is 6.42 Å². The first-order valence-corrected chi connectivity index (χ1v) is 6.12. The third-order valence-corrected chi connectivity index (χ3v) is 2.95. The smallest absolute Gasteiger partial charge is 0.328 e. The predicted octanol–water partition coefficient (Wildman–Crippen LogP) is 0.513. The number of ether oxygens (including phenoxy) is 1. The Bertz CT molecular complexity index is 502. The Labute approximate surface area is 111 Å². The van der Waals surface area contributed by atoms with Crippen LogP contribution in [0.3, 0.4) is 0 Å². The van der Waals surface area contributed by atoms with Gasteiger partial charge in [0, 0.05) is 7.05 Å². The SMILES string of the molecule is CNCCc1ccc2c(c1)N(C(=O)NC)C(=O)CO2. The van der Waals surface area contributed by atoms with Gasteiger partial charge in [0.05, 0.1) is 5.69 Å². The number of hydrogen-bond acceptors (Lipinski definition) is 4. The molecule has 0 bridgehead atoms. The van der Waals surface area contributed by atoms with Crippen LogP contribution >= 0.6 is 0 Å². The Hall–Kier alpha value is -2.08. The van der Waals surface area contributed by atoms with Gasteiger partial charge in [0.2, 0.25) is 0 Å². The Morgan fingerprint density at radius 1 is 1.42 bits per heavy atom. The summed E-state index contributed by atoms with van der Waals surface area (Å²) < 4.78 is 5.33. The highest BCUT2D eigenvalue weighted by molar-refractivity contribution is 6.16. The number of carbonyl (C=O) groups is 2. The number of nitrogens with one attached hydrogen (secondary N) is 2. The Morgan fingerprint density at radius 3 is 2.89 bits per heavy atom. The molecule has 6 heteroatoms. The molecule has 0 aromatic heterocycles. The van der Waals surface area contributed by atoms with E-state index in [1.54, 1.807) is 6.07 Å². The molecule has 0 radical (unpaired) electrons. The fourth-order valence-corrected chi connectivity index (χ4v) is 1.96. The van der Waals surface area contributed by atoms with Crippen LogP contribution in [0.25, 0.3) is 0 Å². The normalized spacial score (nSPS) is 13.8. The first-order chi connectivity index (χ1) is 9.17. The molecular formula is C13H17N3O3. The van der Waals surface area contributed by atoms with Crippen LogP contribution in [-0.2, 0) is 11.2 Å². The zero-order valence-corrected chi connectivity index (χ0v) is 11.0. The van der Waals surface area contributed by atoms with E-state index in [0.717, 1.165) is 23.4 Å². The number of imide groups is 1. The maximum Gasteiger partial charge on any atom is 0.328 e. The van der Waals surface area contributed by atoms with Gasteiger partial charge in [0.15, 0.2) is 6.61 Å². The lowest BCUT2D eigenvalue weighted by Gasteiger charge is -2.27. The number of anilines is 1. The predicted molar refractivity (Wildman–Crippen MR) is 71.5 cm³/mol. The van der Waals surface area contributed by atoms with E-state index in [2.05, 4.69) is 10.6 Å². The highest BCUT2D eigenvalue weighted by atomic mass is 16.5. The lowest BCUT2D eigenvalue weighted by atomic mass is 10.1. The van der Waals surface area contributed by atoms with Gasteiger partial charge >= 0.3 is 6.03 Å². The Kier molecular flexibility index (Phi) is 4.01. The summed E-state index contributed by atoms with van der Waals surface area (Å²) in [5, 5.41) is 5.53. The number of likely N-dealkylation sites (N-methyl/N-ethyl adjacent to an activating group) is 1. The molecule has 0 spiro atoms. The molecule has 1 aliphatic rings. The van der Waals surface area contributed by atoms with Crippen molar-refractivity contribution in [3.8, 4) is 5.75 Å². The molecule has 2 N–H and O–H groups in total. The van der Waals surface area contributed by atoms with E-state index in [1.807, 2.05) is 19.2 Å². The van der Waals surface area contributed by atoms with Crippen molar-refractivity contribution in [1.29, 1.82) is 0 Å². The number of rotatable bonds is 3. The summed E-state index contributed by atoms with van der Waals surface area (Å²) in [6.07, 6.45) is 0.819. The standard InChI is InChI=1S/C13H17N3O3/c1-14-6-5-9-3-4-11-10(7-9)16(13(18)15-2)12(17)8-19-11/h3-4,7,14H,5-6,8H2,1-2H3,(H,15,18). The summed E-state index contributed by atoms with van der Waals surface area (Å²) in [6.45, 7) is 0.712. The second-order valence-corrected chi connectivity index (χ2v) is 4.23. The zero-order valence-electron chi connectivity index (χ0n) is 11.0. The van der Waals surface area contributed by atoms with E-state index in [1.165, 1.54) is 7.05 Å². The van der Waals surface area contributed by atoms with Crippen molar-refractivity contribution >= 4 is 17.6 Å². The number of hydrogen-bond donors (Lipinski definition) is 2. The lowest BCUT2D eigenvalue weighted by molar-refractivity contribution is -0.120. The summed E-state index contributed by atoms with van der Waals surface area (Å²) in [7, 11) is 3.37. The second-order valence-electron chi connectivity index (χ2n) is 4.23. The molecule has 1 aromatic rings. The molecule has 0 atom stereocenters. The van der Waals surface area contributed by atoms with E-state index < -0.39 is 6.03 Å². The topological polar surface area (TPSA) is 70.7 Å². The van der Waals surface area contributed by atoms with Crippen LogP contribution in [0.5, 0.6) is 5.75 Å². The monoisotopic (exact) mass is 263 g/mol. The maximum absolute atomic E-state index is 11.8. The maximum atomic E-state index is 11.8. The molecule has 1 aromatic carbocycles. The number of benzene rings is 1. The van der Waals surface area contributed by atoms with Gasteiger partial charge < -0.3 is 15.4 Å². The summed E-state index contributed by atoms with van der Waals surface area (Å²) in [5.74, 6) is 0.189. The van der Waals surface area contributed by atoms with Gasteiger partial charge in [0.25, 0.3) is 5.91 Å². The van der Waals surface area contributed by atoms with E-state index in [0.29, 0.717) is 11.4 Å². The van der Waals surface area contributed by atoms with Gasteiger partial charge in [-0.2, -0.15) is 0 Å². The Balaban J connectivity index is 2.35. The second kappa shape index (κ2) is 5.71. The molecular weight excluding hydrogens is 246 g/mol. The third kappa shape index (κ3) is 2.68. The minimum atomic E-state index is -0.444.